The SMILES string of the molecule is O=C(CC1S/C(=N\N=C\c2cccs2)NC1=O)Nc1ccc(Cl)cc1Cl. The molecule has 1 aliphatic heterocycles. The summed E-state index contributed by atoms with van der Waals surface area (Å²) in [6.45, 7) is 0. The standard InChI is InChI=1S/C16H12Cl2N4O2S2/c17-9-3-4-12(11(18)6-9)20-14(23)7-13-15(24)21-16(26-13)22-19-8-10-2-1-5-25-10/h1-6,8,13H,7H2,(H,20,23)(H,21,22,24)/b19-8+. The summed E-state index contributed by atoms with van der Waals surface area (Å²) in [5.74, 6) is -0.609. The van der Waals surface area contributed by atoms with Crippen molar-refractivity contribution < 1.29 is 9.59 Å². The van der Waals surface area contributed by atoms with Crippen LogP contribution in [0.25, 0.3) is 0 Å². The Morgan fingerprint density at radius 1 is 1.35 bits per heavy atom. The van der Waals surface area contributed by atoms with Crippen molar-refractivity contribution in [2.45, 2.75) is 11.7 Å². The van der Waals surface area contributed by atoms with Crippen LogP contribution in [0, 0.1) is 0 Å². The number of carbonyl (C=O) groups excluding carboxylic acids is 2. The van der Waals surface area contributed by atoms with Gasteiger partial charge in [0.15, 0.2) is 5.17 Å². The van der Waals surface area contributed by atoms with Crippen LogP contribution >= 0.6 is 46.3 Å². The molecule has 0 saturated carbocycles. The van der Waals surface area contributed by atoms with E-state index in [1.54, 1.807) is 18.3 Å². The van der Waals surface area contributed by atoms with E-state index in [-0.39, 0.29) is 18.2 Å². The Hall–Kier alpha value is -1.87. The van der Waals surface area contributed by atoms with Crippen LogP contribution in [-0.2, 0) is 9.59 Å². The molecule has 26 heavy (non-hydrogen) atoms. The fourth-order valence-electron chi connectivity index (χ4n) is 2.05. The smallest absolute Gasteiger partial charge is 0.240 e. The van der Waals surface area contributed by atoms with Gasteiger partial charge in [0.2, 0.25) is 11.8 Å². The maximum Gasteiger partial charge on any atom is 0.240 e. The van der Waals surface area contributed by atoms with Gasteiger partial charge in [-0.25, -0.2) is 0 Å². The largest absolute Gasteiger partial charge is 0.325 e. The molecule has 1 aromatic carbocycles. The highest BCUT2D eigenvalue weighted by atomic mass is 35.5. The summed E-state index contributed by atoms with van der Waals surface area (Å²) in [7, 11) is 0. The molecule has 134 valence electrons. The number of benzene rings is 1. The molecule has 1 aromatic heterocycles. The highest BCUT2D eigenvalue weighted by molar-refractivity contribution is 8.15. The fraction of sp³-hybridized carbons (Fsp3) is 0.125. The van der Waals surface area contributed by atoms with E-state index in [2.05, 4.69) is 20.8 Å². The number of carbonyl (C=O) groups is 2. The van der Waals surface area contributed by atoms with Gasteiger partial charge >= 0.3 is 0 Å². The summed E-state index contributed by atoms with van der Waals surface area (Å²) in [4.78, 5) is 25.1. The van der Waals surface area contributed by atoms with Crippen LogP contribution in [0.2, 0.25) is 10.0 Å². The molecule has 1 unspecified atom stereocenters. The lowest BCUT2D eigenvalue weighted by molar-refractivity contribution is -0.122. The molecule has 2 aromatic rings. The Balaban J connectivity index is 1.56. The number of amidine groups is 1. The summed E-state index contributed by atoms with van der Waals surface area (Å²) in [6.07, 6.45) is 1.59. The summed E-state index contributed by atoms with van der Waals surface area (Å²) in [5, 5.41) is 15.7. The molecule has 1 atom stereocenters. The van der Waals surface area contributed by atoms with Crippen molar-refractivity contribution in [3.63, 3.8) is 0 Å². The number of nitrogens with zero attached hydrogens (tertiary/aromatic N) is 2. The van der Waals surface area contributed by atoms with Crippen LogP contribution in [0.15, 0.2) is 45.9 Å². The Bertz CT molecular complexity index is 884. The Morgan fingerprint density at radius 3 is 2.92 bits per heavy atom. The third kappa shape index (κ3) is 5.07. The number of halogens is 2. The van der Waals surface area contributed by atoms with E-state index in [1.807, 2.05) is 17.5 Å². The van der Waals surface area contributed by atoms with E-state index in [4.69, 9.17) is 23.2 Å². The Kier molecular flexibility index (Phi) is 6.31. The summed E-state index contributed by atoms with van der Waals surface area (Å²) in [5.41, 5.74) is 0.443. The van der Waals surface area contributed by atoms with Crippen LogP contribution < -0.4 is 10.6 Å². The van der Waals surface area contributed by atoms with E-state index in [0.717, 1.165) is 4.88 Å². The van der Waals surface area contributed by atoms with E-state index in [1.165, 1.54) is 29.2 Å². The number of anilines is 1. The number of amides is 2. The second-order valence-corrected chi connectivity index (χ2v) is 8.15. The molecule has 10 heteroatoms. The van der Waals surface area contributed by atoms with E-state index < -0.39 is 5.25 Å². The van der Waals surface area contributed by atoms with Crippen molar-refractivity contribution in [2.75, 3.05) is 5.32 Å². The Labute approximate surface area is 167 Å². The minimum Gasteiger partial charge on any atom is -0.325 e. The van der Waals surface area contributed by atoms with Gasteiger partial charge in [-0.1, -0.05) is 41.0 Å². The molecule has 1 saturated heterocycles. The molecule has 3 rings (SSSR count). The van der Waals surface area contributed by atoms with Gasteiger partial charge < -0.3 is 10.6 Å². The van der Waals surface area contributed by atoms with Gasteiger partial charge in [-0.2, -0.15) is 5.10 Å². The first-order chi connectivity index (χ1) is 12.5. The predicted molar refractivity (Wildman–Crippen MR) is 109 cm³/mol. The minimum absolute atomic E-state index is 0.0108. The van der Waals surface area contributed by atoms with Crippen molar-refractivity contribution in [2.24, 2.45) is 10.2 Å². The summed E-state index contributed by atoms with van der Waals surface area (Å²) in [6, 6.07) is 8.58. The van der Waals surface area contributed by atoms with Crippen LogP contribution in [0.1, 0.15) is 11.3 Å². The van der Waals surface area contributed by atoms with Crippen LogP contribution in [0.5, 0.6) is 0 Å². The van der Waals surface area contributed by atoms with Gasteiger partial charge in [-0.05, 0) is 29.6 Å². The quantitative estimate of drug-likeness (QED) is 0.559. The second kappa shape index (κ2) is 8.68. The monoisotopic (exact) mass is 426 g/mol. The average Bonchev–Trinajstić information content (AvgIpc) is 3.21. The van der Waals surface area contributed by atoms with E-state index >= 15 is 0 Å². The number of thiophene rings is 1. The lowest BCUT2D eigenvalue weighted by Gasteiger charge is -2.09. The lowest BCUT2D eigenvalue weighted by Crippen LogP contribution is -2.28. The van der Waals surface area contributed by atoms with Crippen molar-refractivity contribution in [3.05, 3.63) is 50.6 Å². The topological polar surface area (TPSA) is 82.9 Å². The van der Waals surface area contributed by atoms with Crippen molar-refractivity contribution in [1.29, 1.82) is 0 Å². The number of nitrogens with one attached hydrogen (secondary N) is 2. The summed E-state index contributed by atoms with van der Waals surface area (Å²) < 4.78 is 0. The molecule has 0 bridgehead atoms. The molecule has 0 aliphatic carbocycles. The van der Waals surface area contributed by atoms with E-state index in [0.29, 0.717) is 20.9 Å². The fourth-order valence-corrected chi connectivity index (χ4v) is 4.01. The molecule has 0 radical (unpaired) electrons. The Morgan fingerprint density at radius 2 is 2.19 bits per heavy atom. The molecule has 0 spiro atoms. The van der Waals surface area contributed by atoms with Gasteiger partial charge in [-0.3, -0.25) is 9.59 Å². The zero-order chi connectivity index (χ0) is 18.5. The molecule has 2 N–H and O–H groups in total. The van der Waals surface area contributed by atoms with Crippen molar-refractivity contribution in [3.8, 4) is 0 Å². The van der Waals surface area contributed by atoms with Gasteiger partial charge in [0.05, 0.1) is 16.9 Å². The maximum absolute atomic E-state index is 12.2. The highest BCUT2D eigenvalue weighted by Crippen LogP contribution is 2.27. The number of hydrogen-bond donors (Lipinski definition) is 2. The van der Waals surface area contributed by atoms with Gasteiger partial charge in [-0.15, -0.1) is 16.4 Å². The minimum atomic E-state index is -0.572. The van der Waals surface area contributed by atoms with E-state index in [9.17, 15) is 9.59 Å². The molecular weight excluding hydrogens is 415 g/mol. The first-order valence-corrected chi connectivity index (χ1v) is 9.90. The second-order valence-electron chi connectivity index (χ2n) is 5.14. The molecule has 2 heterocycles. The van der Waals surface area contributed by atoms with Crippen LogP contribution in [-0.4, -0.2) is 28.4 Å². The number of hydrogen-bond acceptors (Lipinski definition) is 6. The highest BCUT2D eigenvalue weighted by Gasteiger charge is 2.32. The summed E-state index contributed by atoms with van der Waals surface area (Å²) >= 11 is 14.5. The van der Waals surface area contributed by atoms with Gasteiger partial charge in [0, 0.05) is 16.3 Å². The molecule has 6 nitrogen and oxygen atoms in total. The zero-order valence-corrected chi connectivity index (χ0v) is 16.3. The maximum atomic E-state index is 12.2. The van der Waals surface area contributed by atoms with Gasteiger partial charge in [0.25, 0.3) is 0 Å². The van der Waals surface area contributed by atoms with Crippen molar-refractivity contribution >= 4 is 75.2 Å². The molecule has 1 aliphatic rings. The predicted octanol–water partition coefficient (Wildman–Crippen LogP) is 4.01. The zero-order valence-electron chi connectivity index (χ0n) is 13.1. The number of rotatable bonds is 5. The average molecular weight is 427 g/mol. The van der Waals surface area contributed by atoms with Gasteiger partial charge in [0.1, 0.15) is 5.25 Å². The third-order valence-corrected chi connectivity index (χ3v) is 5.66. The van der Waals surface area contributed by atoms with Crippen molar-refractivity contribution in [1.82, 2.24) is 5.32 Å². The molecule has 2 amide bonds. The lowest BCUT2D eigenvalue weighted by atomic mass is 10.2. The molecule has 1 fully saturated rings. The van der Waals surface area contributed by atoms with Crippen LogP contribution in [0.3, 0.4) is 0 Å². The first kappa shape index (κ1) is 18.9. The first-order valence-electron chi connectivity index (χ1n) is 7.38. The third-order valence-electron chi connectivity index (χ3n) is 3.23. The number of thioether (sulfide) groups is 1. The van der Waals surface area contributed by atoms with Crippen LogP contribution in [0.4, 0.5) is 5.69 Å². The normalized spacial score (nSPS) is 18.5. The molecular formula is C16H12Cl2N4O2S2.